The Labute approximate surface area is 113 Å². The summed E-state index contributed by atoms with van der Waals surface area (Å²) in [5.74, 6) is -0.0805. The minimum absolute atomic E-state index is 0.0805. The van der Waals surface area contributed by atoms with E-state index in [9.17, 15) is 4.79 Å². The number of carbonyl (C=O) groups is 1. The molecular weight excluding hydrogens is 238 g/mol. The van der Waals surface area contributed by atoms with Gasteiger partial charge >= 0.3 is 0 Å². The molecule has 98 valence electrons. The third kappa shape index (κ3) is 2.73. The highest BCUT2D eigenvalue weighted by Gasteiger charge is 2.17. The molecule has 0 aliphatic heterocycles. The van der Waals surface area contributed by atoms with Crippen molar-refractivity contribution in [3.8, 4) is 0 Å². The van der Waals surface area contributed by atoms with E-state index >= 15 is 0 Å². The van der Waals surface area contributed by atoms with Gasteiger partial charge < -0.3 is 10.2 Å². The van der Waals surface area contributed by atoms with Crippen LogP contribution in [0.4, 0.5) is 11.4 Å². The van der Waals surface area contributed by atoms with Crippen LogP contribution in [0.15, 0.2) is 42.6 Å². The van der Waals surface area contributed by atoms with Crippen molar-refractivity contribution in [2.75, 3.05) is 24.3 Å². The summed E-state index contributed by atoms with van der Waals surface area (Å²) in [6, 6.07) is 11.4. The highest BCUT2D eigenvalue weighted by Crippen LogP contribution is 2.20. The molecule has 0 atom stereocenters. The average Bonchev–Trinajstić information content (AvgIpc) is 2.46. The van der Waals surface area contributed by atoms with E-state index < -0.39 is 0 Å². The molecule has 1 N–H and O–H groups in total. The molecular formula is C15H17N3O. The highest BCUT2D eigenvalue weighted by molar-refractivity contribution is 6.09. The van der Waals surface area contributed by atoms with Crippen LogP contribution >= 0.6 is 0 Å². The van der Waals surface area contributed by atoms with E-state index in [0.717, 1.165) is 17.1 Å². The summed E-state index contributed by atoms with van der Waals surface area (Å²) in [5, 5.41) is 3.04. The molecule has 0 saturated heterocycles. The SMILES string of the molecule is CNc1cc(C)ncc1C(=O)N(C)c1ccccc1. The zero-order valence-corrected chi connectivity index (χ0v) is 11.3. The maximum Gasteiger partial charge on any atom is 0.261 e. The van der Waals surface area contributed by atoms with Crippen LogP contribution in [0.1, 0.15) is 16.1 Å². The first kappa shape index (κ1) is 13.1. The van der Waals surface area contributed by atoms with Crippen LogP contribution < -0.4 is 10.2 Å². The molecule has 2 rings (SSSR count). The van der Waals surface area contributed by atoms with Crippen LogP contribution in [0.5, 0.6) is 0 Å². The Morgan fingerprint density at radius 2 is 1.95 bits per heavy atom. The lowest BCUT2D eigenvalue weighted by atomic mass is 10.1. The van der Waals surface area contributed by atoms with Gasteiger partial charge in [0.15, 0.2) is 0 Å². The van der Waals surface area contributed by atoms with Crippen LogP contribution in [0.3, 0.4) is 0 Å². The number of hydrogen-bond donors (Lipinski definition) is 1. The van der Waals surface area contributed by atoms with Crippen molar-refractivity contribution in [3.05, 3.63) is 53.9 Å². The number of aryl methyl sites for hydroxylation is 1. The number of carbonyl (C=O) groups excluding carboxylic acids is 1. The number of benzene rings is 1. The van der Waals surface area contributed by atoms with Crippen LogP contribution in [-0.2, 0) is 0 Å². The van der Waals surface area contributed by atoms with Gasteiger partial charge in [0.05, 0.1) is 11.3 Å². The first-order valence-corrected chi connectivity index (χ1v) is 6.11. The van der Waals surface area contributed by atoms with Gasteiger partial charge in [-0.3, -0.25) is 9.78 Å². The Morgan fingerprint density at radius 3 is 2.58 bits per heavy atom. The van der Waals surface area contributed by atoms with Crippen molar-refractivity contribution in [2.45, 2.75) is 6.92 Å². The number of para-hydroxylation sites is 1. The third-order valence-electron chi connectivity index (χ3n) is 2.99. The van der Waals surface area contributed by atoms with Gasteiger partial charge in [-0.05, 0) is 25.1 Å². The molecule has 0 aliphatic carbocycles. The summed E-state index contributed by atoms with van der Waals surface area (Å²) in [5.41, 5.74) is 3.10. The zero-order chi connectivity index (χ0) is 13.8. The molecule has 1 aromatic carbocycles. The molecule has 0 radical (unpaired) electrons. The van der Waals surface area contributed by atoms with Gasteiger partial charge in [0.2, 0.25) is 0 Å². The van der Waals surface area contributed by atoms with Crippen LogP contribution in [0.2, 0.25) is 0 Å². The van der Waals surface area contributed by atoms with Crippen LogP contribution in [0.25, 0.3) is 0 Å². The fourth-order valence-corrected chi connectivity index (χ4v) is 1.89. The first-order valence-electron chi connectivity index (χ1n) is 6.11. The van der Waals surface area contributed by atoms with Crippen molar-refractivity contribution in [2.24, 2.45) is 0 Å². The van der Waals surface area contributed by atoms with Gasteiger partial charge in [0, 0.05) is 31.7 Å². The molecule has 4 heteroatoms. The second kappa shape index (κ2) is 5.52. The standard InChI is InChI=1S/C15H17N3O/c1-11-9-14(16-2)13(10-17-11)15(19)18(3)12-7-5-4-6-8-12/h4-10H,1-3H3,(H,16,17). The van der Waals surface area contributed by atoms with Crippen LogP contribution in [-0.4, -0.2) is 25.0 Å². The van der Waals surface area contributed by atoms with Gasteiger partial charge in [-0.1, -0.05) is 18.2 Å². The Kier molecular flexibility index (Phi) is 3.80. The van der Waals surface area contributed by atoms with Crippen molar-refractivity contribution in [1.82, 2.24) is 4.98 Å². The summed E-state index contributed by atoms with van der Waals surface area (Å²) in [7, 11) is 3.56. The van der Waals surface area contributed by atoms with E-state index in [1.165, 1.54) is 0 Å². The molecule has 0 aliphatic rings. The maximum atomic E-state index is 12.5. The Hall–Kier alpha value is -2.36. The molecule has 2 aromatic rings. The molecule has 1 heterocycles. The smallest absolute Gasteiger partial charge is 0.261 e. The number of amides is 1. The fourth-order valence-electron chi connectivity index (χ4n) is 1.89. The number of hydrogen-bond acceptors (Lipinski definition) is 3. The topological polar surface area (TPSA) is 45.2 Å². The second-order valence-corrected chi connectivity index (χ2v) is 4.32. The third-order valence-corrected chi connectivity index (χ3v) is 2.99. The fraction of sp³-hybridized carbons (Fsp3) is 0.200. The molecule has 0 spiro atoms. The lowest BCUT2D eigenvalue weighted by molar-refractivity contribution is 0.0993. The number of nitrogens with zero attached hydrogens (tertiary/aromatic N) is 2. The molecule has 19 heavy (non-hydrogen) atoms. The van der Waals surface area contributed by atoms with Crippen LogP contribution in [0, 0.1) is 6.92 Å². The van der Waals surface area contributed by atoms with Crippen molar-refractivity contribution in [1.29, 1.82) is 0 Å². The van der Waals surface area contributed by atoms with Gasteiger partial charge in [0.1, 0.15) is 0 Å². The van der Waals surface area contributed by atoms with E-state index in [1.807, 2.05) is 43.3 Å². The predicted molar refractivity (Wildman–Crippen MR) is 77.7 cm³/mol. The Balaban J connectivity index is 2.34. The molecule has 0 saturated carbocycles. The zero-order valence-electron chi connectivity index (χ0n) is 11.3. The van der Waals surface area contributed by atoms with E-state index in [4.69, 9.17) is 0 Å². The monoisotopic (exact) mass is 255 g/mol. The molecule has 0 unspecified atom stereocenters. The van der Waals surface area contributed by atoms with Crippen molar-refractivity contribution in [3.63, 3.8) is 0 Å². The molecule has 0 bridgehead atoms. The second-order valence-electron chi connectivity index (χ2n) is 4.32. The summed E-state index contributed by atoms with van der Waals surface area (Å²) in [6.45, 7) is 1.90. The number of pyridine rings is 1. The minimum Gasteiger partial charge on any atom is -0.387 e. The number of nitrogens with one attached hydrogen (secondary N) is 1. The lowest BCUT2D eigenvalue weighted by Gasteiger charge is -2.19. The van der Waals surface area contributed by atoms with Gasteiger partial charge in [-0.15, -0.1) is 0 Å². The number of aromatic nitrogens is 1. The summed E-state index contributed by atoms with van der Waals surface area (Å²) in [4.78, 5) is 18.3. The first-order chi connectivity index (χ1) is 9.13. The summed E-state index contributed by atoms with van der Waals surface area (Å²) >= 11 is 0. The van der Waals surface area contributed by atoms with Crippen molar-refractivity contribution >= 4 is 17.3 Å². The molecule has 1 aromatic heterocycles. The minimum atomic E-state index is -0.0805. The van der Waals surface area contributed by atoms with Gasteiger partial charge in [-0.25, -0.2) is 0 Å². The number of rotatable bonds is 3. The van der Waals surface area contributed by atoms with Gasteiger partial charge in [0.25, 0.3) is 5.91 Å². The quantitative estimate of drug-likeness (QED) is 0.917. The largest absolute Gasteiger partial charge is 0.387 e. The maximum absolute atomic E-state index is 12.5. The number of anilines is 2. The summed E-state index contributed by atoms with van der Waals surface area (Å²) < 4.78 is 0. The molecule has 4 nitrogen and oxygen atoms in total. The Morgan fingerprint density at radius 1 is 1.26 bits per heavy atom. The van der Waals surface area contributed by atoms with Gasteiger partial charge in [-0.2, -0.15) is 0 Å². The predicted octanol–water partition coefficient (Wildman–Crippen LogP) is 2.71. The van der Waals surface area contributed by atoms with Crippen molar-refractivity contribution < 1.29 is 4.79 Å². The average molecular weight is 255 g/mol. The van der Waals surface area contributed by atoms with E-state index in [1.54, 1.807) is 25.2 Å². The molecule has 1 amide bonds. The molecule has 0 fully saturated rings. The summed E-state index contributed by atoms with van der Waals surface area (Å²) in [6.07, 6.45) is 1.61. The van der Waals surface area contributed by atoms with E-state index in [-0.39, 0.29) is 5.91 Å². The normalized spacial score (nSPS) is 10.1. The Bertz CT molecular complexity index is 581. The lowest BCUT2D eigenvalue weighted by Crippen LogP contribution is -2.27. The van der Waals surface area contributed by atoms with E-state index in [0.29, 0.717) is 5.56 Å². The van der Waals surface area contributed by atoms with E-state index in [2.05, 4.69) is 10.3 Å². The highest BCUT2D eigenvalue weighted by atomic mass is 16.2.